The van der Waals surface area contributed by atoms with Gasteiger partial charge in [-0.3, -0.25) is 5.10 Å². The number of aryl methyl sites for hydroxylation is 1. The van der Waals surface area contributed by atoms with Crippen molar-refractivity contribution in [3.63, 3.8) is 0 Å². The van der Waals surface area contributed by atoms with Gasteiger partial charge in [-0.05, 0) is 41.9 Å². The molecule has 3 heterocycles. The number of nitrogens with one attached hydrogen (secondary N) is 2. The number of nitrogen functional groups attached to an aromatic ring is 1. The van der Waals surface area contributed by atoms with Gasteiger partial charge in [0.15, 0.2) is 22.1 Å². The first-order valence-corrected chi connectivity index (χ1v) is 11.8. The number of aromatic nitrogens is 6. The second kappa shape index (κ2) is 9.21. The molecule has 0 saturated heterocycles. The van der Waals surface area contributed by atoms with E-state index in [9.17, 15) is 0 Å². The minimum atomic E-state index is 0.396. The molecule has 0 bridgehead atoms. The zero-order chi connectivity index (χ0) is 22.8. The number of rotatable bonds is 8. The van der Waals surface area contributed by atoms with E-state index in [4.69, 9.17) is 10.7 Å². The Bertz CT molecular complexity index is 1390. The molecule has 5 aromatic rings. The molecule has 5 rings (SSSR count). The van der Waals surface area contributed by atoms with Gasteiger partial charge < -0.3 is 15.6 Å². The lowest BCUT2D eigenvalue weighted by atomic mass is 10.1. The van der Waals surface area contributed by atoms with Crippen LogP contribution in [0.15, 0.2) is 65.0 Å². The topological polar surface area (TPSA) is 110 Å². The Hall–Kier alpha value is -3.43. The predicted octanol–water partition coefficient (Wildman–Crippen LogP) is 4.49. The first kappa shape index (κ1) is 21.4. The molecule has 0 aliphatic rings. The van der Waals surface area contributed by atoms with E-state index < -0.39 is 0 Å². The van der Waals surface area contributed by atoms with Crippen molar-refractivity contribution >= 4 is 39.5 Å². The number of hydrogen-bond acceptors (Lipinski definition) is 7. The van der Waals surface area contributed by atoms with Gasteiger partial charge >= 0.3 is 0 Å². The van der Waals surface area contributed by atoms with Crippen LogP contribution < -0.4 is 11.1 Å². The third-order valence-electron chi connectivity index (χ3n) is 5.48. The lowest BCUT2D eigenvalue weighted by Crippen LogP contribution is -2.24. The van der Waals surface area contributed by atoms with Crippen molar-refractivity contribution in [2.45, 2.75) is 42.9 Å². The summed E-state index contributed by atoms with van der Waals surface area (Å²) in [6, 6.07) is 15.2. The van der Waals surface area contributed by atoms with Gasteiger partial charge in [-0.25, -0.2) is 15.0 Å². The number of anilines is 1. The second-order valence-corrected chi connectivity index (χ2v) is 9.22. The van der Waals surface area contributed by atoms with Crippen molar-refractivity contribution in [3.8, 4) is 11.3 Å². The highest BCUT2D eigenvalue weighted by molar-refractivity contribution is 7.99. The monoisotopic (exact) mass is 458 g/mol. The predicted molar refractivity (Wildman–Crippen MR) is 133 cm³/mol. The van der Waals surface area contributed by atoms with E-state index in [0.717, 1.165) is 46.5 Å². The number of imidazole rings is 1. The van der Waals surface area contributed by atoms with Crippen molar-refractivity contribution < 1.29 is 0 Å². The third kappa shape index (κ3) is 4.42. The van der Waals surface area contributed by atoms with Crippen molar-refractivity contribution in [2.75, 3.05) is 12.3 Å². The maximum absolute atomic E-state index is 6.15. The van der Waals surface area contributed by atoms with Gasteiger partial charge in [-0.15, -0.1) is 0 Å². The van der Waals surface area contributed by atoms with Crippen LogP contribution in [0.2, 0.25) is 0 Å². The Morgan fingerprint density at radius 2 is 1.94 bits per heavy atom. The molecule has 3 aromatic heterocycles. The zero-order valence-electron chi connectivity index (χ0n) is 18.6. The van der Waals surface area contributed by atoms with E-state index in [1.807, 2.05) is 6.07 Å². The van der Waals surface area contributed by atoms with Crippen LogP contribution in [0.1, 0.15) is 20.3 Å². The fourth-order valence-corrected chi connectivity index (χ4v) is 4.95. The summed E-state index contributed by atoms with van der Waals surface area (Å²) in [5.74, 6) is 0.396. The maximum atomic E-state index is 6.15. The Morgan fingerprint density at radius 1 is 1.12 bits per heavy atom. The molecule has 0 aliphatic carbocycles. The van der Waals surface area contributed by atoms with E-state index in [2.05, 4.69) is 80.3 Å². The third-order valence-corrected chi connectivity index (χ3v) is 6.53. The lowest BCUT2D eigenvalue weighted by Gasteiger charge is -2.13. The summed E-state index contributed by atoms with van der Waals surface area (Å²) in [7, 11) is 0. The summed E-state index contributed by atoms with van der Waals surface area (Å²) < 4.78 is 2.14. The zero-order valence-corrected chi connectivity index (χ0v) is 19.4. The Balaban J connectivity index is 1.58. The molecular formula is C24H26N8S. The van der Waals surface area contributed by atoms with Crippen molar-refractivity contribution in [3.05, 3.63) is 55.0 Å². The number of H-pyrrole nitrogens is 1. The van der Waals surface area contributed by atoms with Gasteiger partial charge in [0.25, 0.3) is 0 Å². The standard InChI is InChI=1S/C24H26N8S/c1-15(2)26-9-5-11-32-23-21(22(25)27-14-28-23)30-24(32)33-20-13-17-7-4-3-6-16(17)12-18(20)19-8-10-29-31-19/h3-4,6-8,10,12-15,26H,5,9,11H2,1-2H3,(H,29,31)(H2,25,27,28). The van der Waals surface area contributed by atoms with Crippen LogP contribution in [0.5, 0.6) is 0 Å². The highest BCUT2D eigenvalue weighted by Gasteiger charge is 2.18. The molecule has 9 heteroatoms. The second-order valence-electron chi connectivity index (χ2n) is 8.21. The molecule has 2 aromatic carbocycles. The van der Waals surface area contributed by atoms with Gasteiger partial charge in [-0.2, -0.15) is 5.10 Å². The molecule has 4 N–H and O–H groups in total. The van der Waals surface area contributed by atoms with E-state index in [-0.39, 0.29) is 0 Å². The first-order valence-electron chi connectivity index (χ1n) is 11.0. The highest BCUT2D eigenvalue weighted by atomic mass is 32.2. The van der Waals surface area contributed by atoms with E-state index in [1.54, 1.807) is 18.0 Å². The van der Waals surface area contributed by atoms with Gasteiger partial charge in [0.05, 0.1) is 5.69 Å². The molecule has 0 fully saturated rings. The van der Waals surface area contributed by atoms with Crippen LogP contribution >= 0.6 is 11.8 Å². The number of nitrogens with zero attached hydrogens (tertiary/aromatic N) is 5. The fourth-order valence-electron chi connectivity index (χ4n) is 3.86. The summed E-state index contributed by atoms with van der Waals surface area (Å²) in [5, 5.41) is 13.9. The number of nitrogens with two attached hydrogens (primary N) is 1. The Kier molecular flexibility index (Phi) is 5.97. The number of aromatic amines is 1. The molecule has 0 aliphatic heterocycles. The molecule has 0 unspecified atom stereocenters. The van der Waals surface area contributed by atoms with Crippen molar-refractivity contribution in [1.29, 1.82) is 0 Å². The van der Waals surface area contributed by atoms with Crippen LogP contribution in [0.3, 0.4) is 0 Å². The Labute approximate surface area is 196 Å². The normalized spacial score (nSPS) is 11.7. The van der Waals surface area contributed by atoms with Crippen LogP contribution in [0.25, 0.3) is 33.2 Å². The van der Waals surface area contributed by atoms with Gasteiger partial charge in [0.2, 0.25) is 0 Å². The van der Waals surface area contributed by atoms with Crippen LogP contribution in [-0.4, -0.2) is 42.3 Å². The van der Waals surface area contributed by atoms with E-state index in [1.165, 1.54) is 17.1 Å². The molecule has 168 valence electrons. The highest BCUT2D eigenvalue weighted by Crippen LogP contribution is 2.39. The summed E-state index contributed by atoms with van der Waals surface area (Å²) >= 11 is 1.61. The van der Waals surface area contributed by atoms with Crippen molar-refractivity contribution in [2.24, 2.45) is 0 Å². The van der Waals surface area contributed by atoms with Crippen LogP contribution in [0.4, 0.5) is 5.82 Å². The molecule has 0 saturated carbocycles. The molecule has 0 atom stereocenters. The number of benzene rings is 2. The summed E-state index contributed by atoms with van der Waals surface area (Å²) in [4.78, 5) is 14.6. The van der Waals surface area contributed by atoms with E-state index >= 15 is 0 Å². The molecule has 0 radical (unpaired) electrons. The van der Waals surface area contributed by atoms with Gasteiger partial charge in [-0.1, -0.05) is 49.9 Å². The molecule has 8 nitrogen and oxygen atoms in total. The summed E-state index contributed by atoms with van der Waals surface area (Å²) in [6.45, 7) is 6.00. The first-order chi connectivity index (χ1) is 16.1. The quantitative estimate of drug-likeness (QED) is 0.294. The SMILES string of the molecule is CC(C)NCCCn1c(Sc2cc3ccccc3cc2-c2ccn[nH]2)nc2c(N)ncnc21. The smallest absolute Gasteiger partial charge is 0.175 e. The van der Waals surface area contributed by atoms with Crippen molar-refractivity contribution in [1.82, 2.24) is 35.0 Å². The molecule has 0 amide bonds. The average Bonchev–Trinajstić information content (AvgIpc) is 3.45. The van der Waals surface area contributed by atoms with Crippen LogP contribution in [-0.2, 0) is 6.54 Å². The number of fused-ring (bicyclic) bond motifs is 2. The summed E-state index contributed by atoms with van der Waals surface area (Å²) in [6.07, 6.45) is 4.22. The van der Waals surface area contributed by atoms with Crippen LogP contribution in [0, 0.1) is 0 Å². The number of hydrogen-bond donors (Lipinski definition) is 3. The molecule has 0 spiro atoms. The minimum Gasteiger partial charge on any atom is -0.382 e. The lowest BCUT2D eigenvalue weighted by molar-refractivity contribution is 0.525. The Morgan fingerprint density at radius 3 is 2.70 bits per heavy atom. The summed E-state index contributed by atoms with van der Waals surface area (Å²) in [5.41, 5.74) is 9.59. The maximum Gasteiger partial charge on any atom is 0.175 e. The fraction of sp³-hybridized carbons (Fsp3) is 0.250. The average molecular weight is 459 g/mol. The largest absolute Gasteiger partial charge is 0.382 e. The van der Waals surface area contributed by atoms with E-state index in [0.29, 0.717) is 17.4 Å². The molecular weight excluding hydrogens is 432 g/mol. The molecule has 33 heavy (non-hydrogen) atoms. The van der Waals surface area contributed by atoms with Gasteiger partial charge in [0, 0.05) is 29.2 Å². The van der Waals surface area contributed by atoms with Gasteiger partial charge in [0.1, 0.15) is 6.33 Å². The minimum absolute atomic E-state index is 0.396.